The number of carbonyl (C=O) groups is 2. The Morgan fingerprint density at radius 3 is 2.16 bits per heavy atom. The maximum absolute atomic E-state index is 12.4. The van der Waals surface area contributed by atoms with Gasteiger partial charge in [-0.2, -0.15) is 17.0 Å². The number of nitrogens with one attached hydrogen (secondary N) is 1. The topological polar surface area (TPSA) is 116 Å². The predicted octanol–water partition coefficient (Wildman–Crippen LogP) is -0.653. The van der Waals surface area contributed by atoms with Gasteiger partial charge in [-0.15, -0.1) is 0 Å². The molecule has 0 radical (unpaired) electrons. The van der Waals surface area contributed by atoms with Crippen LogP contribution in [0.1, 0.15) is 11.6 Å². The predicted molar refractivity (Wildman–Crippen MR) is 92.7 cm³/mol. The van der Waals surface area contributed by atoms with Crippen molar-refractivity contribution in [2.24, 2.45) is 5.73 Å². The highest BCUT2D eigenvalue weighted by molar-refractivity contribution is 7.86. The van der Waals surface area contributed by atoms with Crippen LogP contribution in [-0.2, 0) is 15.0 Å². The maximum atomic E-state index is 12.4. The van der Waals surface area contributed by atoms with Gasteiger partial charge in [0.05, 0.1) is 0 Å². The third-order valence-corrected chi connectivity index (χ3v) is 5.98. The van der Waals surface area contributed by atoms with Crippen LogP contribution in [0.3, 0.4) is 0 Å². The summed E-state index contributed by atoms with van der Waals surface area (Å²) in [5, 5.41) is 2.12. The van der Waals surface area contributed by atoms with Crippen LogP contribution in [-0.4, -0.2) is 74.1 Å². The van der Waals surface area contributed by atoms with Gasteiger partial charge in [0, 0.05) is 40.3 Å². The monoisotopic (exact) mass is 369 g/mol. The summed E-state index contributed by atoms with van der Waals surface area (Å²) < 4.78 is 26.9. The van der Waals surface area contributed by atoms with Crippen LogP contribution in [0.4, 0.5) is 4.79 Å². The SMILES string of the molecule is CN(C)S(=O)(=O)N1CCN(C(C(=O)NC(N)=O)c2ccccc2)CC1. The lowest BCUT2D eigenvalue weighted by molar-refractivity contribution is -0.126. The average Bonchev–Trinajstić information content (AvgIpc) is 2.55. The van der Waals surface area contributed by atoms with E-state index < -0.39 is 28.2 Å². The van der Waals surface area contributed by atoms with Gasteiger partial charge in [0.15, 0.2) is 0 Å². The van der Waals surface area contributed by atoms with Gasteiger partial charge in [0.2, 0.25) is 5.91 Å². The van der Waals surface area contributed by atoms with Gasteiger partial charge in [0.1, 0.15) is 6.04 Å². The lowest BCUT2D eigenvalue weighted by Gasteiger charge is -2.38. The second kappa shape index (κ2) is 7.91. The standard InChI is InChI=1S/C15H23N5O4S/c1-18(2)25(23,24)20-10-8-19(9-11-20)13(14(21)17-15(16)22)12-6-4-3-5-7-12/h3-7,13H,8-11H2,1-2H3,(H3,16,17,21,22). The van der Waals surface area contributed by atoms with Gasteiger partial charge in [-0.3, -0.25) is 15.0 Å². The first-order valence-electron chi connectivity index (χ1n) is 7.80. The Balaban J connectivity index is 2.18. The Morgan fingerprint density at radius 2 is 1.68 bits per heavy atom. The Labute approximate surface area is 147 Å². The molecule has 9 nitrogen and oxygen atoms in total. The zero-order valence-electron chi connectivity index (χ0n) is 14.3. The molecule has 25 heavy (non-hydrogen) atoms. The Kier molecular flexibility index (Phi) is 6.11. The second-order valence-corrected chi connectivity index (χ2v) is 8.03. The van der Waals surface area contributed by atoms with E-state index in [2.05, 4.69) is 5.32 Å². The summed E-state index contributed by atoms with van der Waals surface area (Å²) in [7, 11) is -0.526. The fourth-order valence-electron chi connectivity index (χ4n) is 2.78. The van der Waals surface area contributed by atoms with E-state index in [1.165, 1.54) is 18.4 Å². The van der Waals surface area contributed by atoms with Crippen LogP contribution < -0.4 is 11.1 Å². The molecule has 1 aromatic carbocycles. The highest BCUT2D eigenvalue weighted by atomic mass is 32.2. The van der Waals surface area contributed by atoms with Crippen molar-refractivity contribution in [1.82, 2.24) is 18.8 Å². The molecule has 1 aromatic rings. The lowest BCUT2D eigenvalue weighted by Crippen LogP contribution is -2.54. The maximum Gasteiger partial charge on any atom is 0.318 e. The molecule has 3 N–H and O–H groups in total. The van der Waals surface area contributed by atoms with E-state index in [0.29, 0.717) is 18.7 Å². The quantitative estimate of drug-likeness (QED) is 0.715. The molecule has 0 aliphatic carbocycles. The number of imide groups is 1. The van der Waals surface area contributed by atoms with Crippen LogP contribution >= 0.6 is 0 Å². The van der Waals surface area contributed by atoms with Gasteiger partial charge in [0.25, 0.3) is 10.2 Å². The van der Waals surface area contributed by atoms with E-state index in [1.54, 1.807) is 24.3 Å². The van der Waals surface area contributed by atoms with Crippen molar-refractivity contribution >= 4 is 22.1 Å². The van der Waals surface area contributed by atoms with Gasteiger partial charge < -0.3 is 5.73 Å². The second-order valence-electron chi connectivity index (χ2n) is 5.89. The molecule has 0 bridgehead atoms. The fourth-order valence-corrected chi connectivity index (χ4v) is 3.86. The van der Waals surface area contributed by atoms with Gasteiger partial charge in [-0.05, 0) is 5.56 Å². The summed E-state index contributed by atoms with van der Waals surface area (Å²) in [6.07, 6.45) is 0. The number of hydrogen-bond acceptors (Lipinski definition) is 5. The molecule has 1 unspecified atom stereocenters. The van der Waals surface area contributed by atoms with Crippen molar-refractivity contribution in [3.8, 4) is 0 Å². The molecule has 0 spiro atoms. The molecule has 1 atom stereocenters. The average molecular weight is 369 g/mol. The van der Waals surface area contributed by atoms with E-state index in [4.69, 9.17) is 5.73 Å². The molecule has 1 fully saturated rings. The molecule has 2 rings (SSSR count). The van der Waals surface area contributed by atoms with Crippen molar-refractivity contribution in [1.29, 1.82) is 0 Å². The first-order chi connectivity index (χ1) is 11.7. The summed E-state index contributed by atoms with van der Waals surface area (Å²) in [5.41, 5.74) is 5.78. The minimum atomic E-state index is -3.49. The molecule has 138 valence electrons. The van der Waals surface area contributed by atoms with E-state index in [9.17, 15) is 18.0 Å². The normalized spacial score (nSPS) is 18.0. The van der Waals surface area contributed by atoms with Crippen molar-refractivity contribution < 1.29 is 18.0 Å². The zero-order valence-corrected chi connectivity index (χ0v) is 15.1. The highest BCUT2D eigenvalue weighted by Gasteiger charge is 2.34. The molecular weight excluding hydrogens is 346 g/mol. The van der Waals surface area contributed by atoms with Gasteiger partial charge >= 0.3 is 6.03 Å². The third-order valence-electron chi connectivity index (χ3n) is 4.04. The van der Waals surface area contributed by atoms with Crippen LogP contribution in [0.2, 0.25) is 0 Å². The van der Waals surface area contributed by atoms with Crippen molar-refractivity contribution in [2.45, 2.75) is 6.04 Å². The first kappa shape index (κ1) is 19.3. The Hall–Kier alpha value is -2.01. The molecule has 3 amide bonds. The molecule has 1 saturated heterocycles. The molecular formula is C15H23N5O4S. The van der Waals surface area contributed by atoms with E-state index >= 15 is 0 Å². The Bertz CT molecular complexity index is 715. The molecule has 1 aliphatic heterocycles. The minimum absolute atomic E-state index is 0.258. The van der Waals surface area contributed by atoms with Gasteiger partial charge in [-0.1, -0.05) is 30.3 Å². The number of piperazine rings is 1. The number of carbonyl (C=O) groups excluding carboxylic acids is 2. The largest absolute Gasteiger partial charge is 0.351 e. The number of hydrogen-bond donors (Lipinski definition) is 2. The third kappa shape index (κ3) is 4.54. The van der Waals surface area contributed by atoms with Crippen molar-refractivity contribution in [3.63, 3.8) is 0 Å². The van der Waals surface area contributed by atoms with E-state index in [-0.39, 0.29) is 13.1 Å². The van der Waals surface area contributed by atoms with Crippen LogP contribution in [0.5, 0.6) is 0 Å². The fraction of sp³-hybridized carbons (Fsp3) is 0.467. The number of amides is 3. The van der Waals surface area contributed by atoms with Crippen molar-refractivity contribution in [2.75, 3.05) is 40.3 Å². The highest BCUT2D eigenvalue weighted by Crippen LogP contribution is 2.23. The van der Waals surface area contributed by atoms with Crippen LogP contribution in [0, 0.1) is 0 Å². The van der Waals surface area contributed by atoms with E-state index in [0.717, 1.165) is 4.31 Å². The zero-order chi connectivity index (χ0) is 18.6. The van der Waals surface area contributed by atoms with Gasteiger partial charge in [-0.25, -0.2) is 4.79 Å². The smallest absolute Gasteiger partial charge is 0.318 e. The van der Waals surface area contributed by atoms with E-state index in [1.807, 2.05) is 11.0 Å². The van der Waals surface area contributed by atoms with Crippen LogP contribution in [0.25, 0.3) is 0 Å². The number of nitrogens with two attached hydrogens (primary N) is 1. The molecule has 0 aromatic heterocycles. The van der Waals surface area contributed by atoms with Crippen LogP contribution in [0.15, 0.2) is 30.3 Å². The van der Waals surface area contributed by atoms with Crippen molar-refractivity contribution in [3.05, 3.63) is 35.9 Å². The summed E-state index contributed by atoms with van der Waals surface area (Å²) in [5.74, 6) is -0.525. The molecule has 10 heteroatoms. The first-order valence-corrected chi connectivity index (χ1v) is 9.20. The number of nitrogens with zero attached hydrogens (tertiary/aromatic N) is 3. The summed E-state index contributed by atoms with van der Waals surface area (Å²) in [4.78, 5) is 25.4. The molecule has 1 aliphatic rings. The molecule has 0 saturated carbocycles. The molecule has 1 heterocycles. The number of benzene rings is 1. The minimum Gasteiger partial charge on any atom is -0.351 e. The number of urea groups is 1. The summed E-state index contributed by atoms with van der Waals surface area (Å²) in [6.45, 7) is 1.24. The number of rotatable bonds is 5. The number of primary amides is 1. The summed E-state index contributed by atoms with van der Waals surface area (Å²) in [6, 6.07) is 7.37. The lowest BCUT2D eigenvalue weighted by atomic mass is 10.0. The summed E-state index contributed by atoms with van der Waals surface area (Å²) >= 11 is 0. The Morgan fingerprint density at radius 1 is 1.12 bits per heavy atom.